The Labute approximate surface area is 118 Å². The fourth-order valence-electron chi connectivity index (χ4n) is 2.18. The number of anilines is 1. The number of rotatable bonds is 3. The molecule has 1 amide bonds. The summed E-state index contributed by atoms with van der Waals surface area (Å²) in [5, 5.41) is -0.168. The van der Waals surface area contributed by atoms with E-state index in [2.05, 4.69) is 0 Å². The molecule has 1 aliphatic rings. The lowest BCUT2D eigenvalue weighted by molar-refractivity contribution is -0.117. The average Bonchev–Trinajstić information content (AvgIpc) is 2.55. The van der Waals surface area contributed by atoms with Gasteiger partial charge in [0.15, 0.2) is 11.6 Å². The fraction of sp³-hybridized carbons (Fsp3) is 0.364. The van der Waals surface area contributed by atoms with Crippen LogP contribution < -0.4 is 4.90 Å². The molecule has 1 aliphatic heterocycles. The Bertz CT molecular complexity index is 642. The second-order valence-electron chi connectivity index (χ2n) is 4.50. The molecule has 20 heavy (non-hydrogen) atoms. The normalized spacial score (nSPS) is 19.7. The lowest BCUT2D eigenvalue weighted by Crippen LogP contribution is -2.27. The van der Waals surface area contributed by atoms with Crippen LogP contribution in [0, 0.1) is 17.6 Å². The highest BCUT2D eigenvalue weighted by Crippen LogP contribution is 2.32. The van der Waals surface area contributed by atoms with Gasteiger partial charge in [-0.2, -0.15) is 8.42 Å². The summed E-state index contributed by atoms with van der Waals surface area (Å²) in [5.41, 5.74) is -0.599. The van der Waals surface area contributed by atoms with Gasteiger partial charge in [-0.1, -0.05) is 11.6 Å². The van der Waals surface area contributed by atoms with Crippen LogP contribution in [0.3, 0.4) is 0 Å². The van der Waals surface area contributed by atoms with Gasteiger partial charge in [-0.05, 0) is 12.1 Å². The molecule has 0 N–H and O–H groups in total. The van der Waals surface area contributed by atoms with Gasteiger partial charge in [0.25, 0.3) is 0 Å². The van der Waals surface area contributed by atoms with E-state index < -0.39 is 45.1 Å². The zero-order valence-corrected chi connectivity index (χ0v) is 11.5. The molecule has 110 valence electrons. The van der Waals surface area contributed by atoms with E-state index in [9.17, 15) is 25.9 Å². The first-order valence-corrected chi connectivity index (χ1v) is 7.47. The summed E-state index contributed by atoms with van der Waals surface area (Å²) in [6.07, 6.45) is -0.287. The molecule has 0 bridgehead atoms. The smallest absolute Gasteiger partial charge is 0.302 e. The number of halogens is 4. The summed E-state index contributed by atoms with van der Waals surface area (Å²) in [6.45, 7) is -0.266. The Morgan fingerprint density at radius 2 is 1.85 bits per heavy atom. The van der Waals surface area contributed by atoms with E-state index in [4.69, 9.17) is 11.6 Å². The quantitative estimate of drug-likeness (QED) is 0.800. The third-order valence-corrected chi connectivity index (χ3v) is 3.98. The number of hydrogen-bond acceptors (Lipinski definition) is 3. The minimum atomic E-state index is -4.75. The second-order valence-corrected chi connectivity index (χ2v) is 6.35. The Hall–Kier alpha value is -1.28. The summed E-state index contributed by atoms with van der Waals surface area (Å²) in [7, 11) is -4.75. The highest BCUT2D eigenvalue weighted by molar-refractivity contribution is 7.86. The van der Waals surface area contributed by atoms with Gasteiger partial charge in [0, 0.05) is 23.9 Å². The Balaban J connectivity index is 2.29. The van der Waals surface area contributed by atoms with E-state index in [0.717, 1.165) is 17.0 Å². The van der Waals surface area contributed by atoms with Gasteiger partial charge in [-0.3, -0.25) is 4.79 Å². The summed E-state index contributed by atoms with van der Waals surface area (Å²) >= 11 is 5.47. The lowest BCUT2D eigenvalue weighted by Gasteiger charge is -2.18. The molecule has 0 aromatic heterocycles. The van der Waals surface area contributed by atoms with Gasteiger partial charge in [0.2, 0.25) is 5.91 Å². The molecule has 0 spiro atoms. The lowest BCUT2D eigenvalue weighted by atomic mass is 10.1. The molecule has 4 nitrogen and oxygen atoms in total. The molecular weight excluding hydrogens is 319 g/mol. The molecule has 0 aliphatic carbocycles. The average molecular weight is 328 g/mol. The van der Waals surface area contributed by atoms with Crippen molar-refractivity contribution in [3.63, 3.8) is 0 Å². The first kappa shape index (κ1) is 15.1. The maximum atomic E-state index is 13.7. The molecule has 1 aromatic carbocycles. The maximum absolute atomic E-state index is 13.7. The summed E-state index contributed by atoms with van der Waals surface area (Å²) in [5.74, 6) is -4.43. The van der Waals surface area contributed by atoms with Crippen molar-refractivity contribution < 1.29 is 25.9 Å². The molecule has 1 aromatic rings. The van der Waals surface area contributed by atoms with Gasteiger partial charge < -0.3 is 4.90 Å². The molecule has 2 rings (SSSR count). The second kappa shape index (κ2) is 5.25. The van der Waals surface area contributed by atoms with Crippen LogP contribution in [0.1, 0.15) is 6.42 Å². The molecule has 1 atom stereocenters. The van der Waals surface area contributed by atoms with Gasteiger partial charge in [0.05, 0.1) is 5.75 Å². The van der Waals surface area contributed by atoms with E-state index in [1.807, 2.05) is 0 Å². The highest BCUT2D eigenvalue weighted by Gasteiger charge is 2.36. The SMILES string of the molecule is O=C1CC(CS(=O)(=O)F)CN1c1c(F)cc(Cl)cc1F. The highest BCUT2D eigenvalue weighted by atomic mass is 35.5. The maximum Gasteiger partial charge on any atom is 0.302 e. The van der Waals surface area contributed by atoms with Crippen LogP contribution in [0.25, 0.3) is 0 Å². The Morgan fingerprint density at radius 1 is 1.30 bits per heavy atom. The van der Waals surface area contributed by atoms with Crippen molar-refractivity contribution in [3.8, 4) is 0 Å². The topological polar surface area (TPSA) is 54.5 Å². The predicted molar refractivity (Wildman–Crippen MR) is 66.7 cm³/mol. The molecule has 1 unspecified atom stereocenters. The van der Waals surface area contributed by atoms with Crippen LogP contribution in [0.4, 0.5) is 18.4 Å². The first-order chi connectivity index (χ1) is 9.17. The summed E-state index contributed by atoms with van der Waals surface area (Å²) in [6, 6.07) is 1.68. The van der Waals surface area contributed by atoms with Crippen LogP contribution in [0.2, 0.25) is 5.02 Å². The monoisotopic (exact) mass is 327 g/mol. The van der Waals surface area contributed by atoms with Crippen LogP contribution in [-0.4, -0.2) is 26.6 Å². The number of carbonyl (C=O) groups excluding carboxylic acids is 1. The van der Waals surface area contributed by atoms with Crippen molar-refractivity contribution in [2.75, 3.05) is 17.2 Å². The number of hydrogen-bond donors (Lipinski definition) is 0. The van der Waals surface area contributed by atoms with E-state index in [-0.39, 0.29) is 18.0 Å². The molecule has 0 radical (unpaired) electrons. The van der Waals surface area contributed by atoms with Crippen molar-refractivity contribution in [1.82, 2.24) is 0 Å². The molecule has 1 saturated heterocycles. The van der Waals surface area contributed by atoms with E-state index in [0.29, 0.717) is 0 Å². The van der Waals surface area contributed by atoms with E-state index >= 15 is 0 Å². The number of carbonyl (C=O) groups is 1. The van der Waals surface area contributed by atoms with Gasteiger partial charge in [-0.15, -0.1) is 3.89 Å². The van der Waals surface area contributed by atoms with Crippen LogP contribution >= 0.6 is 11.6 Å². The third-order valence-electron chi connectivity index (χ3n) is 2.89. The van der Waals surface area contributed by atoms with Crippen molar-refractivity contribution in [1.29, 1.82) is 0 Å². The zero-order chi connectivity index (χ0) is 15.1. The van der Waals surface area contributed by atoms with Gasteiger partial charge in [-0.25, -0.2) is 8.78 Å². The van der Waals surface area contributed by atoms with Crippen LogP contribution in [0.15, 0.2) is 12.1 Å². The molecule has 1 heterocycles. The van der Waals surface area contributed by atoms with Crippen molar-refractivity contribution in [2.45, 2.75) is 6.42 Å². The van der Waals surface area contributed by atoms with Crippen LogP contribution in [0.5, 0.6) is 0 Å². The van der Waals surface area contributed by atoms with Crippen molar-refractivity contribution >= 4 is 33.4 Å². The molecule has 1 fully saturated rings. The Morgan fingerprint density at radius 3 is 2.35 bits per heavy atom. The number of amides is 1. The van der Waals surface area contributed by atoms with Crippen LogP contribution in [-0.2, 0) is 15.0 Å². The van der Waals surface area contributed by atoms with Gasteiger partial charge in [0.1, 0.15) is 5.69 Å². The van der Waals surface area contributed by atoms with E-state index in [1.165, 1.54) is 0 Å². The van der Waals surface area contributed by atoms with Crippen molar-refractivity contribution in [3.05, 3.63) is 28.8 Å². The summed E-state index contributed by atoms with van der Waals surface area (Å²) in [4.78, 5) is 12.5. The third kappa shape index (κ3) is 3.24. The largest absolute Gasteiger partial charge is 0.307 e. The predicted octanol–water partition coefficient (Wildman–Crippen LogP) is 2.27. The minimum Gasteiger partial charge on any atom is -0.307 e. The minimum absolute atomic E-state index is 0.168. The summed E-state index contributed by atoms with van der Waals surface area (Å²) < 4.78 is 61.1. The van der Waals surface area contributed by atoms with Crippen molar-refractivity contribution in [2.24, 2.45) is 5.92 Å². The molecular formula is C11H9ClF3NO3S. The standard InChI is InChI=1S/C11H9ClF3NO3S/c12-7-2-8(13)11(9(14)3-7)16-4-6(1-10(16)17)5-20(15,18)19/h2-3,6H,1,4-5H2. The molecule has 0 saturated carbocycles. The number of benzene rings is 1. The zero-order valence-electron chi connectivity index (χ0n) is 9.95. The van der Waals surface area contributed by atoms with E-state index in [1.54, 1.807) is 0 Å². The van der Waals surface area contributed by atoms with Gasteiger partial charge >= 0.3 is 10.2 Å². The number of nitrogens with zero attached hydrogens (tertiary/aromatic N) is 1. The molecule has 9 heteroatoms. The first-order valence-electron chi connectivity index (χ1n) is 5.54. The Kier molecular flexibility index (Phi) is 3.97. The fourth-order valence-corrected chi connectivity index (χ4v) is 3.16.